The zero-order valence-corrected chi connectivity index (χ0v) is 19.7. The van der Waals surface area contributed by atoms with Gasteiger partial charge in [0.15, 0.2) is 5.76 Å². The summed E-state index contributed by atoms with van der Waals surface area (Å²) in [5.41, 5.74) is 1.81. The molecule has 8 heteroatoms. The minimum atomic E-state index is -0.836. The summed E-state index contributed by atoms with van der Waals surface area (Å²) in [5.74, 6) is 0.214. The molecule has 0 unspecified atom stereocenters. The third-order valence-electron chi connectivity index (χ3n) is 6.75. The number of anilines is 1. The van der Waals surface area contributed by atoms with Crippen molar-refractivity contribution >= 4 is 17.5 Å². The van der Waals surface area contributed by atoms with E-state index in [9.17, 15) is 9.59 Å². The second kappa shape index (κ2) is 10.8. The van der Waals surface area contributed by atoms with Gasteiger partial charge in [-0.25, -0.2) is 0 Å². The molecular weight excluding hydrogens is 446 g/mol. The van der Waals surface area contributed by atoms with Crippen molar-refractivity contribution in [2.75, 3.05) is 31.2 Å². The van der Waals surface area contributed by atoms with Gasteiger partial charge in [0, 0.05) is 24.8 Å². The number of rotatable bonds is 8. The van der Waals surface area contributed by atoms with Crippen molar-refractivity contribution in [2.45, 2.75) is 44.3 Å². The summed E-state index contributed by atoms with van der Waals surface area (Å²) in [4.78, 5) is 31.1. The first-order valence-corrected chi connectivity index (χ1v) is 12.3. The van der Waals surface area contributed by atoms with Crippen molar-refractivity contribution in [3.63, 3.8) is 0 Å². The maximum atomic E-state index is 13.7. The summed E-state index contributed by atoms with van der Waals surface area (Å²) >= 11 is 0. The Morgan fingerprint density at radius 3 is 2.34 bits per heavy atom. The molecule has 184 valence electrons. The highest BCUT2D eigenvalue weighted by atomic mass is 16.5. The number of carbonyl (C=O) groups excluding carboxylic acids is 2. The van der Waals surface area contributed by atoms with E-state index in [0.717, 1.165) is 50.0 Å². The second-order valence-electron chi connectivity index (χ2n) is 9.07. The Balaban J connectivity index is 1.48. The molecule has 3 heterocycles. The van der Waals surface area contributed by atoms with Crippen LogP contribution in [-0.2, 0) is 16.1 Å². The van der Waals surface area contributed by atoms with Crippen molar-refractivity contribution in [1.29, 1.82) is 0 Å². The van der Waals surface area contributed by atoms with Crippen LogP contribution in [0.15, 0.2) is 69.9 Å². The molecule has 1 aliphatic heterocycles. The van der Waals surface area contributed by atoms with Gasteiger partial charge >= 0.3 is 0 Å². The van der Waals surface area contributed by atoms with Crippen LogP contribution in [0.25, 0.3) is 0 Å². The van der Waals surface area contributed by atoms with Crippen molar-refractivity contribution in [1.82, 2.24) is 10.2 Å². The average molecular weight is 478 g/mol. The minimum absolute atomic E-state index is 0.127. The molecule has 3 aromatic rings. The molecule has 1 saturated carbocycles. The van der Waals surface area contributed by atoms with Crippen LogP contribution >= 0.6 is 0 Å². The zero-order chi connectivity index (χ0) is 24.0. The van der Waals surface area contributed by atoms with Crippen molar-refractivity contribution in [3.05, 3.63) is 78.1 Å². The van der Waals surface area contributed by atoms with Gasteiger partial charge in [0.05, 0.1) is 32.3 Å². The van der Waals surface area contributed by atoms with Crippen LogP contribution < -0.4 is 10.2 Å². The van der Waals surface area contributed by atoms with Gasteiger partial charge in [-0.15, -0.1) is 0 Å². The molecule has 0 bridgehead atoms. The van der Waals surface area contributed by atoms with Gasteiger partial charge in [-0.2, -0.15) is 0 Å². The maximum absolute atomic E-state index is 13.7. The molecule has 5 rings (SSSR count). The fraction of sp³-hybridized carbons (Fsp3) is 0.407. The smallest absolute Gasteiger partial charge is 0.290 e. The zero-order valence-electron chi connectivity index (χ0n) is 19.7. The predicted octanol–water partition coefficient (Wildman–Crippen LogP) is 4.15. The molecule has 2 fully saturated rings. The van der Waals surface area contributed by atoms with E-state index in [1.165, 1.54) is 11.2 Å². The summed E-state index contributed by atoms with van der Waals surface area (Å²) in [6.07, 6.45) is 7.15. The van der Waals surface area contributed by atoms with E-state index in [2.05, 4.69) is 10.2 Å². The Morgan fingerprint density at radius 2 is 1.69 bits per heavy atom. The predicted molar refractivity (Wildman–Crippen MR) is 130 cm³/mol. The first-order chi connectivity index (χ1) is 17.2. The van der Waals surface area contributed by atoms with Crippen LogP contribution in [-0.4, -0.2) is 49.1 Å². The normalized spacial score (nSPS) is 17.3. The van der Waals surface area contributed by atoms with E-state index in [1.807, 2.05) is 24.3 Å². The molecule has 35 heavy (non-hydrogen) atoms. The van der Waals surface area contributed by atoms with Crippen LogP contribution in [0, 0.1) is 0 Å². The quantitative estimate of drug-likeness (QED) is 0.524. The molecule has 1 atom stereocenters. The molecule has 1 aromatic carbocycles. The summed E-state index contributed by atoms with van der Waals surface area (Å²) in [6.45, 7) is 3.19. The Labute approximate surface area is 204 Å². The van der Waals surface area contributed by atoms with Crippen LogP contribution in [0.2, 0.25) is 0 Å². The number of carbonyl (C=O) groups is 2. The SMILES string of the molecule is O=C(NC1CCCC1)[C@H](c1ccc(N2CCOCC2)cc1)N(Cc1ccco1)C(=O)c1ccco1. The minimum Gasteiger partial charge on any atom is -0.467 e. The van der Waals surface area contributed by atoms with E-state index in [0.29, 0.717) is 19.0 Å². The fourth-order valence-electron chi connectivity index (χ4n) is 4.90. The molecule has 0 radical (unpaired) electrons. The van der Waals surface area contributed by atoms with E-state index < -0.39 is 6.04 Å². The lowest BCUT2D eigenvalue weighted by molar-refractivity contribution is -0.126. The maximum Gasteiger partial charge on any atom is 0.290 e. The Hall–Kier alpha value is -3.52. The number of nitrogens with zero attached hydrogens (tertiary/aromatic N) is 2. The summed E-state index contributed by atoms with van der Waals surface area (Å²) < 4.78 is 16.4. The number of nitrogens with one attached hydrogen (secondary N) is 1. The second-order valence-corrected chi connectivity index (χ2v) is 9.07. The highest BCUT2D eigenvalue weighted by Gasteiger charge is 2.35. The lowest BCUT2D eigenvalue weighted by atomic mass is 10.0. The van der Waals surface area contributed by atoms with E-state index in [4.69, 9.17) is 13.6 Å². The Kier molecular flexibility index (Phi) is 7.18. The monoisotopic (exact) mass is 477 g/mol. The van der Waals surface area contributed by atoms with E-state index >= 15 is 0 Å². The van der Waals surface area contributed by atoms with Gasteiger partial charge in [-0.1, -0.05) is 25.0 Å². The first-order valence-electron chi connectivity index (χ1n) is 12.3. The van der Waals surface area contributed by atoms with E-state index in [1.54, 1.807) is 30.5 Å². The number of amides is 2. The summed E-state index contributed by atoms with van der Waals surface area (Å²) in [6, 6.07) is 14.1. The summed E-state index contributed by atoms with van der Waals surface area (Å²) in [5, 5.41) is 3.19. The number of hydrogen-bond donors (Lipinski definition) is 1. The Morgan fingerprint density at radius 1 is 0.971 bits per heavy atom. The lowest BCUT2D eigenvalue weighted by Crippen LogP contribution is -2.45. The molecular formula is C27H31N3O5. The van der Waals surface area contributed by atoms with Crippen LogP contribution in [0.5, 0.6) is 0 Å². The fourth-order valence-corrected chi connectivity index (χ4v) is 4.90. The third-order valence-corrected chi connectivity index (χ3v) is 6.75. The number of furan rings is 2. The molecule has 0 spiro atoms. The van der Waals surface area contributed by atoms with Crippen molar-refractivity contribution in [3.8, 4) is 0 Å². The topological polar surface area (TPSA) is 88.2 Å². The molecule has 1 aliphatic carbocycles. The Bertz CT molecular complexity index is 1080. The number of ether oxygens (including phenoxy) is 1. The van der Waals surface area contributed by atoms with Crippen LogP contribution in [0.3, 0.4) is 0 Å². The molecule has 2 aliphatic rings. The van der Waals surface area contributed by atoms with Gasteiger partial charge in [0.1, 0.15) is 11.8 Å². The largest absolute Gasteiger partial charge is 0.467 e. The standard InChI is InChI=1S/C27H31N3O5/c31-26(28-21-5-1-2-6-21)25(20-9-11-22(12-10-20)29-13-17-33-18-14-29)30(19-23-7-3-15-34-23)27(32)24-8-4-16-35-24/h3-4,7-12,15-16,21,25H,1-2,5-6,13-14,17-19H2,(H,28,31)/t25-/m0/s1. The summed E-state index contributed by atoms with van der Waals surface area (Å²) in [7, 11) is 0. The molecule has 2 aromatic heterocycles. The molecule has 8 nitrogen and oxygen atoms in total. The third kappa shape index (κ3) is 5.43. The van der Waals surface area contributed by atoms with Crippen molar-refractivity contribution < 1.29 is 23.2 Å². The first kappa shape index (κ1) is 23.2. The van der Waals surface area contributed by atoms with Gasteiger partial charge in [0.2, 0.25) is 5.91 Å². The molecule has 1 saturated heterocycles. The average Bonchev–Trinajstić information content (AvgIpc) is 3.69. The number of morpholine rings is 1. The van der Waals surface area contributed by atoms with Gasteiger partial charge < -0.3 is 28.7 Å². The van der Waals surface area contributed by atoms with Gasteiger partial charge in [0.25, 0.3) is 5.91 Å². The number of hydrogen-bond acceptors (Lipinski definition) is 6. The highest BCUT2D eigenvalue weighted by molar-refractivity contribution is 5.96. The van der Waals surface area contributed by atoms with Crippen LogP contribution in [0.4, 0.5) is 5.69 Å². The highest BCUT2D eigenvalue weighted by Crippen LogP contribution is 2.29. The van der Waals surface area contributed by atoms with Gasteiger partial charge in [-0.3, -0.25) is 9.59 Å². The number of benzene rings is 1. The van der Waals surface area contributed by atoms with E-state index in [-0.39, 0.29) is 30.2 Å². The molecule has 2 amide bonds. The lowest BCUT2D eigenvalue weighted by Gasteiger charge is -2.32. The van der Waals surface area contributed by atoms with Crippen LogP contribution in [0.1, 0.15) is 53.6 Å². The van der Waals surface area contributed by atoms with Crippen molar-refractivity contribution in [2.24, 2.45) is 0 Å². The van der Waals surface area contributed by atoms with Gasteiger partial charge in [-0.05, 0) is 54.8 Å². The molecule has 1 N–H and O–H groups in total.